The van der Waals surface area contributed by atoms with Gasteiger partial charge in [0.2, 0.25) is 0 Å². The Hall–Kier alpha value is -1.66. The molecule has 6 heteroatoms. The Morgan fingerprint density at radius 1 is 1.29 bits per heavy atom. The largest absolute Gasteiger partial charge is 0.383 e. The van der Waals surface area contributed by atoms with E-state index in [1.54, 1.807) is 7.11 Å². The van der Waals surface area contributed by atoms with E-state index in [9.17, 15) is 0 Å². The fourth-order valence-corrected chi connectivity index (χ4v) is 3.67. The molecule has 0 N–H and O–H groups in total. The Morgan fingerprint density at radius 2 is 2.12 bits per heavy atom. The molecule has 2 aromatic heterocycles. The van der Waals surface area contributed by atoms with Crippen molar-refractivity contribution in [3.8, 4) is 0 Å². The molecule has 0 saturated carbocycles. The van der Waals surface area contributed by atoms with Crippen molar-refractivity contribution in [1.29, 1.82) is 0 Å². The molecule has 24 heavy (non-hydrogen) atoms. The van der Waals surface area contributed by atoms with E-state index >= 15 is 0 Å². The van der Waals surface area contributed by atoms with Gasteiger partial charge in [0.15, 0.2) is 5.65 Å². The fourth-order valence-electron chi connectivity index (χ4n) is 3.67. The summed E-state index contributed by atoms with van der Waals surface area (Å²) in [7, 11) is 3.94. The molecule has 1 aliphatic heterocycles. The van der Waals surface area contributed by atoms with Crippen LogP contribution in [-0.4, -0.2) is 66.4 Å². The molecule has 0 spiro atoms. The van der Waals surface area contributed by atoms with E-state index in [0.717, 1.165) is 49.1 Å². The molecular formula is C18H29N5O. The number of hydrogen-bond acceptors (Lipinski definition) is 5. The standard InChI is InChI=1S/C18H29N5O/c1-14-11-18(23-17(19-14)10-15(2)20-23)21(3)12-16-6-5-7-22(13-16)8-9-24-4/h10-11,16H,5-9,12-13H2,1-4H3. The average molecular weight is 331 g/mol. The Labute approximate surface area is 144 Å². The van der Waals surface area contributed by atoms with Crippen molar-refractivity contribution in [3.63, 3.8) is 0 Å². The van der Waals surface area contributed by atoms with E-state index in [4.69, 9.17) is 4.74 Å². The zero-order valence-electron chi connectivity index (χ0n) is 15.3. The summed E-state index contributed by atoms with van der Waals surface area (Å²) in [6.45, 7) is 9.31. The summed E-state index contributed by atoms with van der Waals surface area (Å²) in [5.74, 6) is 1.81. The summed E-state index contributed by atoms with van der Waals surface area (Å²) in [5.41, 5.74) is 2.97. The molecule has 1 fully saturated rings. The van der Waals surface area contributed by atoms with Gasteiger partial charge < -0.3 is 14.5 Å². The van der Waals surface area contributed by atoms with Crippen LogP contribution in [0.2, 0.25) is 0 Å². The third-order valence-electron chi connectivity index (χ3n) is 4.80. The number of ether oxygens (including phenoxy) is 1. The highest BCUT2D eigenvalue weighted by molar-refractivity contribution is 5.51. The third-order valence-corrected chi connectivity index (χ3v) is 4.80. The number of aryl methyl sites for hydroxylation is 2. The van der Waals surface area contributed by atoms with Crippen molar-refractivity contribution in [2.24, 2.45) is 5.92 Å². The number of rotatable bonds is 6. The molecule has 1 unspecified atom stereocenters. The zero-order valence-corrected chi connectivity index (χ0v) is 15.3. The number of fused-ring (bicyclic) bond motifs is 1. The predicted octanol–water partition coefficient (Wildman–Crippen LogP) is 2.14. The van der Waals surface area contributed by atoms with Gasteiger partial charge in [-0.1, -0.05) is 0 Å². The molecule has 0 radical (unpaired) electrons. The van der Waals surface area contributed by atoms with Gasteiger partial charge in [-0.3, -0.25) is 0 Å². The molecule has 0 amide bonds. The predicted molar refractivity (Wildman–Crippen MR) is 96.8 cm³/mol. The van der Waals surface area contributed by atoms with Crippen LogP contribution >= 0.6 is 0 Å². The average Bonchev–Trinajstić information content (AvgIpc) is 2.92. The van der Waals surface area contributed by atoms with Crippen LogP contribution in [0.4, 0.5) is 5.82 Å². The van der Waals surface area contributed by atoms with Crippen LogP contribution in [0.1, 0.15) is 24.2 Å². The van der Waals surface area contributed by atoms with E-state index in [1.165, 1.54) is 19.4 Å². The van der Waals surface area contributed by atoms with E-state index in [1.807, 2.05) is 24.4 Å². The molecule has 3 heterocycles. The van der Waals surface area contributed by atoms with E-state index < -0.39 is 0 Å². The second-order valence-electron chi connectivity index (χ2n) is 6.99. The SMILES string of the molecule is COCCN1CCCC(CN(C)c2cc(C)nc3cc(C)nn23)C1. The monoisotopic (exact) mass is 331 g/mol. The first-order valence-electron chi connectivity index (χ1n) is 8.83. The highest BCUT2D eigenvalue weighted by Gasteiger charge is 2.22. The van der Waals surface area contributed by atoms with Crippen molar-refractivity contribution in [3.05, 3.63) is 23.5 Å². The smallest absolute Gasteiger partial charge is 0.157 e. The van der Waals surface area contributed by atoms with Gasteiger partial charge in [0.1, 0.15) is 5.82 Å². The Morgan fingerprint density at radius 3 is 2.92 bits per heavy atom. The Bertz CT molecular complexity index is 683. The maximum Gasteiger partial charge on any atom is 0.157 e. The fraction of sp³-hybridized carbons (Fsp3) is 0.667. The van der Waals surface area contributed by atoms with E-state index in [0.29, 0.717) is 5.92 Å². The minimum Gasteiger partial charge on any atom is -0.383 e. The summed E-state index contributed by atoms with van der Waals surface area (Å²) in [6.07, 6.45) is 2.56. The summed E-state index contributed by atoms with van der Waals surface area (Å²) in [4.78, 5) is 9.44. The first-order chi connectivity index (χ1) is 11.6. The molecule has 0 aromatic carbocycles. The molecule has 0 bridgehead atoms. The van der Waals surface area contributed by atoms with Gasteiger partial charge >= 0.3 is 0 Å². The minimum atomic E-state index is 0.681. The Kier molecular flexibility index (Phi) is 5.36. The van der Waals surface area contributed by atoms with Crippen molar-refractivity contribution in [2.45, 2.75) is 26.7 Å². The van der Waals surface area contributed by atoms with Crippen molar-refractivity contribution >= 4 is 11.5 Å². The van der Waals surface area contributed by atoms with Gasteiger partial charge in [0, 0.05) is 51.6 Å². The number of piperidine rings is 1. The second kappa shape index (κ2) is 7.49. The first kappa shape index (κ1) is 17.2. The normalized spacial score (nSPS) is 19.1. The molecule has 132 valence electrons. The topological polar surface area (TPSA) is 45.9 Å². The van der Waals surface area contributed by atoms with Gasteiger partial charge in [-0.15, -0.1) is 0 Å². The lowest BCUT2D eigenvalue weighted by Gasteiger charge is -2.35. The molecule has 3 rings (SSSR count). The van der Waals surface area contributed by atoms with Gasteiger partial charge in [-0.05, 0) is 39.2 Å². The van der Waals surface area contributed by atoms with Crippen LogP contribution in [0.5, 0.6) is 0 Å². The van der Waals surface area contributed by atoms with Crippen LogP contribution < -0.4 is 4.90 Å². The van der Waals surface area contributed by atoms with Crippen molar-refractivity contribution < 1.29 is 4.74 Å². The molecule has 1 saturated heterocycles. The lowest BCUT2D eigenvalue weighted by Crippen LogP contribution is -2.41. The maximum atomic E-state index is 5.22. The van der Waals surface area contributed by atoms with Gasteiger partial charge in [-0.2, -0.15) is 9.61 Å². The molecular weight excluding hydrogens is 302 g/mol. The van der Waals surface area contributed by atoms with Gasteiger partial charge in [0.25, 0.3) is 0 Å². The van der Waals surface area contributed by atoms with Crippen molar-refractivity contribution in [1.82, 2.24) is 19.5 Å². The Balaban J connectivity index is 1.71. The molecule has 1 aliphatic rings. The number of anilines is 1. The quantitative estimate of drug-likeness (QED) is 0.811. The van der Waals surface area contributed by atoms with Crippen LogP contribution in [0.15, 0.2) is 12.1 Å². The second-order valence-corrected chi connectivity index (χ2v) is 6.99. The highest BCUT2D eigenvalue weighted by atomic mass is 16.5. The molecule has 6 nitrogen and oxygen atoms in total. The summed E-state index contributed by atoms with van der Waals surface area (Å²) >= 11 is 0. The van der Waals surface area contributed by atoms with E-state index in [2.05, 4.69) is 33.0 Å². The number of hydrogen-bond donors (Lipinski definition) is 0. The molecule has 0 aliphatic carbocycles. The van der Waals surface area contributed by atoms with Crippen LogP contribution in [-0.2, 0) is 4.74 Å². The molecule has 1 atom stereocenters. The summed E-state index contributed by atoms with van der Waals surface area (Å²) in [5, 5.41) is 4.61. The van der Waals surface area contributed by atoms with Crippen LogP contribution in [0.25, 0.3) is 5.65 Å². The molecule has 2 aromatic rings. The number of methoxy groups -OCH3 is 1. The van der Waals surface area contributed by atoms with Gasteiger partial charge in [-0.25, -0.2) is 4.98 Å². The number of likely N-dealkylation sites (tertiary alicyclic amines) is 1. The summed E-state index contributed by atoms with van der Waals surface area (Å²) < 4.78 is 7.19. The first-order valence-corrected chi connectivity index (χ1v) is 8.83. The zero-order chi connectivity index (χ0) is 17.1. The van der Waals surface area contributed by atoms with E-state index in [-0.39, 0.29) is 0 Å². The third kappa shape index (κ3) is 3.87. The highest BCUT2D eigenvalue weighted by Crippen LogP contribution is 2.22. The maximum absolute atomic E-state index is 5.22. The number of aromatic nitrogens is 3. The summed E-state index contributed by atoms with van der Waals surface area (Å²) in [6, 6.07) is 4.17. The van der Waals surface area contributed by atoms with Crippen LogP contribution in [0, 0.1) is 19.8 Å². The van der Waals surface area contributed by atoms with Gasteiger partial charge in [0.05, 0.1) is 12.3 Å². The van der Waals surface area contributed by atoms with Crippen LogP contribution in [0.3, 0.4) is 0 Å². The minimum absolute atomic E-state index is 0.681. The lowest BCUT2D eigenvalue weighted by molar-refractivity contribution is 0.116. The number of nitrogens with zero attached hydrogens (tertiary/aromatic N) is 5. The van der Waals surface area contributed by atoms with Crippen molar-refractivity contribution in [2.75, 3.05) is 51.8 Å². The lowest BCUT2D eigenvalue weighted by atomic mass is 9.97.